The zero-order valence-electron chi connectivity index (χ0n) is 10.9. The summed E-state index contributed by atoms with van der Waals surface area (Å²) >= 11 is 0. The van der Waals surface area contributed by atoms with Gasteiger partial charge in [-0.15, -0.1) is 0 Å². The van der Waals surface area contributed by atoms with Crippen molar-refractivity contribution in [3.8, 4) is 0 Å². The summed E-state index contributed by atoms with van der Waals surface area (Å²) in [6.07, 6.45) is 4.88. The third-order valence-electron chi connectivity index (χ3n) is 3.84. The molecule has 1 aliphatic rings. The SMILES string of the molecule is CNC(CCCOC)CC1Cc2ccccc21. The van der Waals surface area contributed by atoms with Gasteiger partial charge in [0.15, 0.2) is 0 Å². The highest BCUT2D eigenvalue weighted by molar-refractivity contribution is 5.39. The average molecular weight is 233 g/mol. The predicted octanol–water partition coefficient (Wildman–Crippen LogP) is 2.73. The van der Waals surface area contributed by atoms with E-state index < -0.39 is 0 Å². The zero-order valence-corrected chi connectivity index (χ0v) is 10.9. The van der Waals surface area contributed by atoms with Crippen LogP contribution in [0.3, 0.4) is 0 Å². The summed E-state index contributed by atoms with van der Waals surface area (Å²) in [5, 5.41) is 3.44. The standard InChI is InChI=1S/C15H23NO/c1-16-14(7-5-9-17-2)11-13-10-12-6-3-4-8-15(12)13/h3-4,6,8,13-14,16H,5,7,9-11H2,1-2H3. The van der Waals surface area contributed by atoms with E-state index in [9.17, 15) is 0 Å². The second kappa shape index (κ2) is 6.18. The van der Waals surface area contributed by atoms with Crippen LogP contribution in [0.15, 0.2) is 24.3 Å². The summed E-state index contributed by atoms with van der Waals surface area (Å²) in [5.41, 5.74) is 3.11. The van der Waals surface area contributed by atoms with E-state index in [0.29, 0.717) is 6.04 Å². The molecular weight excluding hydrogens is 210 g/mol. The number of hydrogen-bond donors (Lipinski definition) is 1. The van der Waals surface area contributed by atoms with Gasteiger partial charge in [-0.1, -0.05) is 24.3 Å². The fourth-order valence-corrected chi connectivity index (χ4v) is 2.77. The maximum atomic E-state index is 5.11. The van der Waals surface area contributed by atoms with Crippen LogP contribution in [0.25, 0.3) is 0 Å². The number of fused-ring (bicyclic) bond motifs is 1. The molecule has 0 fully saturated rings. The minimum atomic E-state index is 0.628. The van der Waals surface area contributed by atoms with E-state index in [4.69, 9.17) is 4.74 Å². The molecule has 1 aliphatic carbocycles. The van der Waals surface area contributed by atoms with Gasteiger partial charge in [0.2, 0.25) is 0 Å². The molecule has 0 saturated heterocycles. The minimum Gasteiger partial charge on any atom is -0.385 e. The predicted molar refractivity (Wildman–Crippen MR) is 71.5 cm³/mol. The highest BCUT2D eigenvalue weighted by Gasteiger charge is 2.27. The highest BCUT2D eigenvalue weighted by atomic mass is 16.5. The van der Waals surface area contributed by atoms with Crippen LogP contribution in [0, 0.1) is 0 Å². The lowest BCUT2D eigenvalue weighted by molar-refractivity contribution is 0.187. The van der Waals surface area contributed by atoms with Crippen LogP contribution in [-0.4, -0.2) is 26.8 Å². The Hall–Kier alpha value is -0.860. The third-order valence-corrected chi connectivity index (χ3v) is 3.84. The van der Waals surface area contributed by atoms with Crippen molar-refractivity contribution in [2.75, 3.05) is 20.8 Å². The van der Waals surface area contributed by atoms with Gasteiger partial charge in [-0.05, 0) is 49.8 Å². The maximum absolute atomic E-state index is 5.11. The van der Waals surface area contributed by atoms with Crippen molar-refractivity contribution in [1.82, 2.24) is 5.32 Å². The van der Waals surface area contributed by atoms with Crippen LogP contribution in [0.4, 0.5) is 0 Å². The lowest BCUT2D eigenvalue weighted by Gasteiger charge is -2.33. The van der Waals surface area contributed by atoms with Crippen molar-refractivity contribution < 1.29 is 4.74 Å². The van der Waals surface area contributed by atoms with Crippen LogP contribution < -0.4 is 5.32 Å². The van der Waals surface area contributed by atoms with Crippen molar-refractivity contribution in [1.29, 1.82) is 0 Å². The zero-order chi connectivity index (χ0) is 12.1. The molecule has 94 valence electrons. The number of nitrogens with one attached hydrogen (secondary N) is 1. The van der Waals surface area contributed by atoms with Crippen molar-refractivity contribution in [3.63, 3.8) is 0 Å². The molecule has 0 amide bonds. The Morgan fingerprint density at radius 1 is 1.41 bits per heavy atom. The van der Waals surface area contributed by atoms with E-state index in [1.165, 1.54) is 19.3 Å². The smallest absolute Gasteiger partial charge is 0.0462 e. The molecule has 2 heteroatoms. The van der Waals surface area contributed by atoms with Gasteiger partial charge in [-0.25, -0.2) is 0 Å². The molecule has 0 spiro atoms. The Kier molecular flexibility index (Phi) is 4.57. The number of hydrogen-bond acceptors (Lipinski definition) is 2. The molecule has 1 aromatic rings. The van der Waals surface area contributed by atoms with Gasteiger partial charge >= 0.3 is 0 Å². The molecule has 0 bridgehead atoms. The molecule has 0 heterocycles. The second-order valence-corrected chi connectivity index (χ2v) is 4.96. The van der Waals surface area contributed by atoms with Gasteiger partial charge in [0, 0.05) is 19.8 Å². The molecule has 2 unspecified atom stereocenters. The maximum Gasteiger partial charge on any atom is 0.0462 e. The Balaban J connectivity index is 1.81. The van der Waals surface area contributed by atoms with Crippen LogP contribution in [0.2, 0.25) is 0 Å². The van der Waals surface area contributed by atoms with Gasteiger partial charge in [0.05, 0.1) is 0 Å². The van der Waals surface area contributed by atoms with Crippen LogP contribution in [0.1, 0.15) is 36.3 Å². The average Bonchev–Trinajstić information content (AvgIpc) is 2.34. The molecule has 2 atom stereocenters. The lowest BCUT2D eigenvalue weighted by atomic mass is 9.74. The first-order valence-corrected chi connectivity index (χ1v) is 6.59. The normalized spacial score (nSPS) is 19.5. The van der Waals surface area contributed by atoms with Gasteiger partial charge in [-0.2, -0.15) is 0 Å². The summed E-state index contributed by atoms with van der Waals surface area (Å²) in [5.74, 6) is 0.770. The number of benzene rings is 1. The van der Waals surface area contributed by atoms with Crippen LogP contribution >= 0.6 is 0 Å². The summed E-state index contributed by atoms with van der Waals surface area (Å²) in [4.78, 5) is 0. The molecule has 0 saturated carbocycles. The van der Waals surface area contributed by atoms with Gasteiger partial charge in [0.25, 0.3) is 0 Å². The lowest BCUT2D eigenvalue weighted by Crippen LogP contribution is -2.31. The Bertz CT molecular complexity index is 351. The monoisotopic (exact) mass is 233 g/mol. The van der Waals surface area contributed by atoms with E-state index in [-0.39, 0.29) is 0 Å². The van der Waals surface area contributed by atoms with Gasteiger partial charge in [0.1, 0.15) is 0 Å². The largest absolute Gasteiger partial charge is 0.385 e. The van der Waals surface area contributed by atoms with E-state index in [0.717, 1.165) is 18.9 Å². The fourth-order valence-electron chi connectivity index (χ4n) is 2.77. The first-order valence-electron chi connectivity index (χ1n) is 6.59. The summed E-state index contributed by atoms with van der Waals surface area (Å²) in [7, 11) is 3.85. The molecule has 1 N–H and O–H groups in total. The van der Waals surface area contributed by atoms with E-state index in [1.807, 2.05) is 0 Å². The number of methoxy groups -OCH3 is 1. The first-order chi connectivity index (χ1) is 8.35. The Morgan fingerprint density at radius 3 is 2.94 bits per heavy atom. The highest BCUT2D eigenvalue weighted by Crippen LogP contribution is 2.38. The van der Waals surface area contributed by atoms with Gasteiger partial charge in [-0.3, -0.25) is 0 Å². The Morgan fingerprint density at radius 2 is 2.24 bits per heavy atom. The van der Waals surface area contributed by atoms with Crippen molar-refractivity contribution in [2.45, 2.75) is 37.6 Å². The Labute approximate surface area is 104 Å². The third kappa shape index (κ3) is 3.08. The quantitative estimate of drug-likeness (QED) is 0.731. The summed E-state index contributed by atoms with van der Waals surface area (Å²) in [6, 6.07) is 9.47. The van der Waals surface area contributed by atoms with Crippen LogP contribution in [-0.2, 0) is 11.2 Å². The van der Waals surface area contributed by atoms with Crippen LogP contribution in [0.5, 0.6) is 0 Å². The molecular formula is C15H23NO. The summed E-state index contributed by atoms with van der Waals surface area (Å²) < 4.78 is 5.11. The minimum absolute atomic E-state index is 0.628. The van der Waals surface area contributed by atoms with Gasteiger partial charge < -0.3 is 10.1 Å². The fraction of sp³-hybridized carbons (Fsp3) is 0.600. The molecule has 1 aromatic carbocycles. The molecule has 2 rings (SSSR count). The first kappa shape index (κ1) is 12.6. The molecule has 2 nitrogen and oxygen atoms in total. The van der Waals surface area contributed by atoms with Crippen molar-refractivity contribution >= 4 is 0 Å². The summed E-state index contributed by atoms with van der Waals surface area (Å²) in [6.45, 7) is 0.874. The molecule has 17 heavy (non-hydrogen) atoms. The second-order valence-electron chi connectivity index (χ2n) is 4.96. The number of ether oxygens (including phenoxy) is 1. The topological polar surface area (TPSA) is 21.3 Å². The molecule has 0 aromatic heterocycles. The number of rotatable bonds is 7. The van der Waals surface area contributed by atoms with E-state index >= 15 is 0 Å². The van der Waals surface area contributed by atoms with E-state index in [2.05, 4.69) is 36.6 Å². The van der Waals surface area contributed by atoms with Crippen molar-refractivity contribution in [3.05, 3.63) is 35.4 Å². The van der Waals surface area contributed by atoms with Crippen molar-refractivity contribution in [2.24, 2.45) is 0 Å². The molecule has 0 radical (unpaired) electrons. The van der Waals surface area contributed by atoms with E-state index in [1.54, 1.807) is 18.2 Å². The molecule has 0 aliphatic heterocycles.